The van der Waals surface area contributed by atoms with E-state index in [1.165, 1.54) is 12.8 Å². The fourth-order valence-corrected chi connectivity index (χ4v) is 3.91. The Labute approximate surface area is 149 Å². The number of rotatable bonds is 6. The van der Waals surface area contributed by atoms with Crippen LogP contribution in [0.15, 0.2) is 12.3 Å². The van der Waals surface area contributed by atoms with Gasteiger partial charge < -0.3 is 10.6 Å². The maximum absolute atomic E-state index is 12.4. The lowest BCUT2D eigenvalue weighted by Crippen LogP contribution is -2.43. The third-order valence-electron chi connectivity index (χ3n) is 5.28. The highest BCUT2D eigenvalue weighted by Crippen LogP contribution is 2.31. The van der Waals surface area contributed by atoms with Crippen molar-refractivity contribution < 1.29 is 9.59 Å². The Balaban J connectivity index is 1.46. The summed E-state index contributed by atoms with van der Waals surface area (Å²) in [6.45, 7) is 4.57. The van der Waals surface area contributed by atoms with Crippen LogP contribution in [0.1, 0.15) is 51.5 Å². The summed E-state index contributed by atoms with van der Waals surface area (Å²) >= 11 is 0. The lowest BCUT2D eigenvalue weighted by atomic mass is 9.96. The number of hydrogen-bond acceptors (Lipinski definition) is 4. The second kappa shape index (κ2) is 8.47. The molecule has 7 heteroatoms. The van der Waals surface area contributed by atoms with Gasteiger partial charge in [0.15, 0.2) is 0 Å². The predicted molar refractivity (Wildman–Crippen MR) is 96.2 cm³/mol. The zero-order chi connectivity index (χ0) is 17.6. The van der Waals surface area contributed by atoms with Crippen molar-refractivity contribution in [3.05, 3.63) is 12.3 Å². The smallest absolute Gasteiger partial charge is 0.239 e. The molecule has 0 spiro atoms. The number of anilines is 1. The first-order chi connectivity index (χ1) is 12.2. The number of aromatic nitrogens is 2. The number of carbonyl (C=O) groups is 2. The van der Waals surface area contributed by atoms with E-state index in [0.717, 1.165) is 44.6 Å². The highest BCUT2D eigenvalue weighted by Gasteiger charge is 2.26. The first-order valence-corrected chi connectivity index (χ1v) is 9.50. The van der Waals surface area contributed by atoms with Crippen molar-refractivity contribution in [1.29, 1.82) is 0 Å². The van der Waals surface area contributed by atoms with Gasteiger partial charge in [0.2, 0.25) is 11.8 Å². The number of piperidine rings is 1. The van der Waals surface area contributed by atoms with Crippen LogP contribution in [0, 0.1) is 5.92 Å². The summed E-state index contributed by atoms with van der Waals surface area (Å²) in [6.07, 6.45) is 8.14. The van der Waals surface area contributed by atoms with E-state index >= 15 is 0 Å². The first kappa shape index (κ1) is 17.9. The third-order valence-corrected chi connectivity index (χ3v) is 5.28. The van der Waals surface area contributed by atoms with Crippen LogP contribution in [0.2, 0.25) is 0 Å². The Hall–Kier alpha value is -1.89. The summed E-state index contributed by atoms with van der Waals surface area (Å²) in [5.74, 6) is 1.03. The fraction of sp³-hybridized carbons (Fsp3) is 0.722. The number of carbonyl (C=O) groups excluding carboxylic acids is 2. The Bertz CT molecular complexity index is 586. The number of hydrogen-bond donors (Lipinski definition) is 2. The van der Waals surface area contributed by atoms with Gasteiger partial charge in [0.25, 0.3) is 0 Å². The largest absolute Gasteiger partial charge is 0.356 e. The SMILES string of the molecule is CCNC(=O)C1CCN(CC(=O)Nc2ccnn2C2CCCC2)CC1. The normalized spacial score (nSPS) is 19.9. The van der Waals surface area contributed by atoms with Crippen LogP contribution in [0.25, 0.3) is 0 Å². The van der Waals surface area contributed by atoms with Gasteiger partial charge in [-0.1, -0.05) is 12.8 Å². The van der Waals surface area contributed by atoms with Crippen LogP contribution >= 0.6 is 0 Å². The molecule has 0 unspecified atom stereocenters. The van der Waals surface area contributed by atoms with Gasteiger partial charge in [-0.2, -0.15) is 5.10 Å². The molecule has 0 atom stereocenters. The topological polar surface area (TPSA) is 79.3 Å². The molecule has 2 heterocycles. The number of nitrogens with zero attached hydrogens (tertiary/aromatic N) is 3. The van der Waals surface area contributed by atoms with Gasteiger partial charge >= 0.3 is 0 Å². The monoisotopic (exact) mass is 347 g/mol. The predicted octanol–water partition coefficient (Wildman–Crippen LogP) is 1.78. The molecule has 1 aromatic heterocycles. The fourth-order valence-electron chi connectivity index (χ4n) is 3.91. The molecule has 0 bridgehead atoms. The van der Waals surface area contributed by atoms with E-state index in [1.807, 2.05) is 17.7 Å². The lowest BCUT2D eigenvalue weighted by Gasteiger charge is -2.30. The molecular weight excluding hydrogens is 318 g/mol. The molecule has 2 fully saturated rings. The molecule has 0 radical (unpaired) electrons. The summed E-state index contributed by atoms with van der Waals surface area (Å²) in [5, 5.41) is 10.3. The zero-order valence-electron chi connectivity index (χ0n) is 15.0. The minimum Gasteiger partial charge on any atom is -0.356 e. The highest BCUT2D eigenvalue weighted by molar-refractivity contribution is 5.91. The number of likely N-dealkylation sites (tertiary alicyclic amines) is 1. The van der Waals surface area contributed by atoms with Gasteiger partial charge in [0.1, 0.15) is 5.82 Å². The molecule has 2 aliphatic rings. The third kappa shape index (κ3) is 4.60. The Morgan fingerprint density at radius 1 is 1.20 bits per heavy atom. The number of nitrogens with one attached hydrogen (secondary N) is 2. The van der Waals surface area contributed by atoms with E-state index in [1.54, 1.807) is 6.20 Å². The van der Waals surface area contributed by atoms with Gasteiger partial charge in [0.05, 0.1) is 18.8 Å². The maximum Gasteiger partial charge on any atom is 0.239 e. The summed E-state index contributed by atoms with van der Waals surface area (Å²) in [7, 11) is 0. The van der Waals surface area contributed by atoms with Crippen molar-refractivity contribution in [2.24, 2.45) is 5.92 Å². The quantitative estimate of drug-likeness (QED) is 0.822. The molecule has 138 valence electrons. The van der Waals surface area contributed by atoms with E-state index in [0.29, 0.717) is 19.1 Å². The first-order valence-electron chi connectivity index (χ1n) is 9.50. The van der Waals surface area contributed by atoms with Crippen LogP contribution in [-0.4, -0.2) is 52.7 Å². The van der Waals surface area contributed by atoms with Crippen molar-refractivity contribution in [2.45, 2.75) is 51.5 Å². The van der Waals surface area contributed by atoms with E-state index in [9.17, 15) is 9.59 Å². The lowest BCUT2D eigenvalue weighted by molar-refractivity contribution is -0.126. The molecule has 2 amide bonds. The van der Waals surface area contributed by atoms with Gasteiger partial charge in [-0.15, -0.1) is 0 Å². The molecule has 1 saturated heterocycles. The summed E-state index contributed by atoms with van der Waals surface area (Å²) < 4.78 is 1.96. The van der Waals surface area contributed by atoms with Crippen molar-refractivity contribution in [2.75, 3.05) is 31.5 Å². The van der Waals surface area contributed by atoms with Crippen LogP contribution in [0.3, 0.4) is 0 Å². The van der Waals surface area contributed by atoms with Crippen LogP contribution in [0.5, 0.6) is 0 Å². The molecule has 1 aliphatic carbocycles. The molecule has 7 nitrogen and oxygen atoms in total. The van der Waals surface area contributed by atoms with Gasteiger partial charge in [-0.05, 0) is 45.7 Å². The van der Waals surface area contributed by atoms with Crippen molar-refractivity contribution >= 4 is 17.6 Å². The van der Waals surface area contributed by atoms with Crippen LogP contribution < -0.4 is 10.6 Å². The van der Waals surface area contributed by atoms with Gasteiger partial charge in [0, 0.05) is 18.5 Å². The Morgan fingerprint density at radius 3 is 2.60 bits per heavy atom. The average molecular weight is 347 g/mol. The van der Waals surface area contributed by atoms with Crippen LogP contribution in [0.4, 0.5) is 5.82 Å². The molecule has 1 aromatic rings. The maximum atomic E-state index is 12.4. The molecule has 3 rings (SSSR count). The average Bonchev–Trinajstić information content (AvgIpc) is 3.26. The summed E-state index contributed by atoms with van der Waals surface area (Å²) in [4.78, 5) is 26.4. The molecule has 1 saturated carbocycles. The standard InChI is InChI=1S/C18H29N5O2/c1-2-19-18(25)14-8-11-22(12-9-14)13-17(24)21-16-7-10-20-23(16)15-5-3-4-6-15/h7,10,14-15H,2-6,8-9,11-13H2,1H3,(H,19,25)(H,21,24). The van der Waals surface area contributed by atoms with E-state index in [4.69, 9.17) is 0 Å². The molecule has 25 heavy (non-hydrogen) atoms. The molecule has 1 aliphatic heterocycles. The van der Waals surface area contributed by atoms with Crippen molar-refractivity contribution in [1.82, 2.24) is 20.0 Å². The summed E-state index contributed by atoms with van der Waals surface area (Å²) in [6, 6.07) is 2.29. The minimum atomic E-state index is -0.00351. The van der Waals surface area contributed by atoms with Crippen molar-refractivity contribution in [3.63, 3.8) is 0 Å². The van der Waals surface area contributed by atoms with Gasteiger partial charge in [-0.25, -0.2) is 4.68 Å². The summed E-state index contributed by atoms with van der Waals surface area (Å²) in [5.41, 5.74) is 0. The van der Waals surface area contributed by atoms with E-state index in [2.05, 4.69) is 20.6 Å². The van der Waals surface area contributed by atoms with Crippen LogP contribution in [-0.2, 0) is 9.59 Å². The molecular formula is C18H29N5O2. The van der Waals surface area contributed by atoms with E-state index in [-0.39, 0.29) is 17.7 Å². The Kier molecular flexibility index (Phi) is 6.07. The molecule has 0 aromatic carbocycles. The number of amides is 2. The van der Waals surface area contributed by atoms with Crippen molar-refractivity contribution in [3.8, 4) is 0 Å². The second-order valence-electron chi connectivity index (χ2n) is 7.09. The second-order valence-corrected chi connectivity index (χ2v) is 7.09. The molecule has 2 N–H and O–H groups in total. The van der Waals surface area contributed by atoms with E-state index < -0.39 is 0 Å². The zero-order valence-corrected chi connectivity index (χ0v) is 15.0. The highest BCUT2D eigenvalue weighted by atomic mass is 16.2. The Morgan fingerprint density at radius 2 is 1.92 bits per heavy atom. The minimum absolute atomic E-state index is 0.00351. The van der Waals surface area contributed by atoms with Gasteiger partial charge in [-0.3, -0.25) is 14.5 Å².